The molecule has 0 spiro atoms. The van der Waals surface area contributed by atoms with Gasteiger partial charge in [-0.25, -0.2) is 14.6 Å². The van der Waals surface area contributed by atoms with Crippen molar-refractivity contribution in [2.45, 2.75) is 32.2 Å². The van der Waals surface area contributed by atoms with E-state index >= 15 is 0 Å². The molecule has 0 amide bonds. The van der Waals surface area contributed by atoms with E-state index in [-0.39, 0.29) is 5.92 Å². The number of aromatic nitrogens is 5. The molecule has 0 fully saturated rings. The van der Waals surface area contributed by atoms with Crippen LogP contribution < -0.4 is 4.74 Å². The molecule has 2 aromatic carbocycles. The molecular weight excluding hydrogens is 466 g/mol. The van der Waals surface area contributed by atoms with Crippen molar-refractivity contribution in [3.05, 3.63) is 87.9 Å². The van der Waals surface area contributed by atoms with Crippen LogP contribution in [-0.2, 0) is 6.54 Å². The van der Waals surface area contributed by atoms with E-state index in [4.69, 9.17) is 14.8 Å². The highest BCUT2D eigenvalue weighted by Gasteiger charge is 2.26. The van der Waals surface area contributed by atoms with Crippen LogP contribution in [0.3, 0.4) is 0 Å². The van der Waals surface area contributed by atoms with Crippen molar-refractivity contribution in [1.82, 2.24) is 24.3 Å². The number of halogens is 1. The number of ether oxygens (including phenoxy) is 1. The van der Waals surface area contributed by atoms with Gasteiger partial charge in [-0.05, 0) is 55.2 Å². The molecule has 0 saturated carbocycles. The summed E-state index contributed by atoms with van der Waals surface area (Å²) in [7, 11) is 1.68. The average Bonchev–Trinajstić information content (AvgIpc) is 3.43. The molecule has 0 aliphatic carbocycles. The van der Waals surface area contributed by atoms with Gasteiger partial charge in [0.15, 0.2) is 5.82 Å². The molecule has 6 nitrogen and oxygen atoms in total. The Balaban J connectivity index is 1.42. The summed E-state index contributed by atoms with van der Waals surface area (Å²) in [5.41, 5.74) is 4.22. The number of aryl methyl sites for hydroxylation is 2. The van der Waals surface area contributed by atoms with E-state index in [0.717, 1.165) is 58.2 Å². The quantitative estimate of drug-likeness (QED) is 0.364. The van der Waals surface area contributed by atoms with Crippen LogP contribution in [0.5, 0.6) is 5.75 Å². The maximum absolute atomic E-state index is 5.62. The predicted molar refractivity (Wildman–Crippen MR) is 129 cm³/mol. The third-order valence-corrected chi connectivity index (χ3v) is 6.51. The summed E-state index contributed by atoms with van der Waals surface area (Å²) in [6, 6.07) is 14.5. The largest absolute Gasteiger partial charge is 0.495 e. The van der Waals surface area contributed by atoms with E-state index in [1.807, 2.05) is 48.0 Å². The molecule has 162 valence electrons. The van der Waals surface area contributed by atoms with Gasteiger partial charge in [0.2, 0.25) is 0 Å². The van der Waals surface area contributed by atoms with Gasteiger partial charge in [0.25, 0.3) is 0 Å². The van der Waals surface area contributed by atoms with Crippen LogP contribution in [0.25, 0.3) is 17.8 Å². The fourth-order valence-corrected chi connectivity index (χ4v) is 4.79. The smallest absolute Gasteiger partial charge is 0.174 e. The molecule has 0 saturated heterocycles. The molecule has 1 aliphatic heterocycles. The molecule has 0 N–H and O–H groups in total. The average molecular weight is 490 g/mol. The van der Waals surface area contributed by atoms with Crippen molar-refractivity contribution in [3.63, 3.8) is 0 Å². The van der Waals surface area contributed by atoms with Gasteiger partial charge in [0, 0.05) is 23.1 Å². The summed E-state index contributed by atoms with van der Waals surface area (Å²) in [6.07, 6.45) is 9.95. The Bertz CT molecular complexity index is 1290. The van der Waals surface area contributed by atoms with Crippen LogP contribution in [0, 0.1) is 6.92 Å². The van der Waals surface area contributed by atoms with Crippen LogP contribution in [-0.4, -0.2) is 31.4 Å². The van der Waals surface area contributed by atoms with Crippen molar-refractivity contribution < 1.29 is 4.74 Å². The van der Waals surface area contributed by atoms with Gasteiger partial charge in [0.1, 0.15) is 11.6 Å². The number of fused-ring (bicyclic) bond motifs is 1. The molecular formula is C25H24BrN5O. The van der Waals surface area contributed by atoms with E-state index < -0.39 is 0 Å². The zero-order valence-corrected chi connectivity index (χ0v) is 19.7. The van der Waals surface area contributed by atoms with E-state index in [1.165, 1.54) is 5.56 Å². The Morgan fingerprint density at radius 1 is 1.16 bits per heavy atom. The minimum atomic E-state index is 0.256. The molecule has 7 heteroatoms. The van der Waals surface area contributed by atoms with Crippen molar-refractivity contribution in [3.8, 4) is 11.4 Å². The molecule has 3 heterocycles. The first-order valence-corrected chi connectivity index (χ1v) is 11.5. The molecule has 0 radical (unpaired) electrons. The number of hydrogen-bond donors (Lipinski definition) is 0. The topological polar surface area (TPSA) is 57.8 Å². The van der Waals surface area contributed by atoms with Gasteiger partial charge >= 0.3 is 0 Å². The number of hydrogen-bond acceptors (Lipinski definition) is 4. The van der Waals surface area contributed by atoms with Crippen molar-refractivity contribution in [1.29, 1.82) is 0 Å². The highest BCUT2D eigenvalue weighted by Crippen LogP contribution is 2.36. The Hall–Kier alpha value is -3.19. The molecule has 0 unspecified atom stereocenters. The summed E-state index contributed by atoms with van der Waals surface area (Å²) in [6.45, 7) is 2.88. The van der Waals surface area contributed by atoms with E-state index in [9.17, 15) is 0 Å². The predicted octanol–water partition coefficient (Wildman–Crippen LogP) is 5.64. The summed E-state index contributed by atoms with van der Waals surface area (Å²) in [4.78, 5) is 9.18. The zero-order valence-electron chi connectivity index (χ0n) is 18.1. The van der Waals surface area contributed by atoms with Gasteiger partial charge in [0.05, 0.1) is 24.8 Å². The van der Waals surface area contributed by atoms with Crippen molar-refractivity contribution in [2.24, 2.45) is 0 Å². The summed E-state index contributed by atoms with van der Waals surface area (Å²) >= 11 is 3.70. The second kappa shape index (κ2) is 8.74. The second-order valence-electron chi connectivity index (χ2n) is 7.95. The third-order valence-electron chi connectivity index (χ3n) is 5.79. The Morgan fingerprint density at radius 3 is 2.81 bits per heavy atom. The van der Waals surface area contributed by atoms with Gasteiger partial charge in [-0.2, -0.15) is 5.10 Å². The summed E-state index contributed by atoms with van der Waals surface area (Å²) in [5, 5.41) is 4.74. The molecule has 5 rings (SSSR count). The highest BCUT2D eigenvalue weighted by molar-refractivity contribution is 9.10. The molecule has 32 heavy (non-hydrogen) atoms. The SMILES string of the molecule is COc1cc(C=Cc2nc3n(n2)CCC[C@H]3c2ccccc2Br)ccc1-n1cnc(C)c1. The second-order valence-corrected chi connectivity index (χ2v) is 8.81. The molecule has 2 aromatic heterocycles. The van der Waals surface area contributed by atoms with Gasteiger partial charge in [-0.3, -0.25) is 0 Å². The van der Waals surface area contributed by atoms with Crippen LogP contribution in [0.15, 0.2) is 59.5 Å². The van der Waals surface area contributed by atoms with E-state index in [0.29, 0.717) is 0 Å². The Kier molecular flexibility index (Phi) is 5.66. The lowest BCUT2D eigenvalue weighted by atomic mass is 9.91. The minimum absolute atomic E-state index is 0.256. The van der Waals surface area contributed by atoms with Crippen LogP contribution in [0.2, 0.25) is 0 Å². The van der Waals surface area contributed by atoms with E-state index in [2.05, 4.69) is 49.9 Å². The minimum Gasteiger partial charge on any atom is -0.495 e. The van der Waals surface area contributed by atoms with E-state index in [1.54, 1.807) is 13.4 Å². The standard InChI is InChI=1S/C25H24BrN5O/c1-17-15-30(16-27-17)22-11-9-18(14-23(22)32-2)10-12-24-28-25-20(7-5-13-31(25)29-24)19-6-3-4-8-21(19)26/h3-4,6,8-12,14-16,20H,5,7,13H2,1-2H3/t20-/m0/s1. The Morgan fingerprint density at radius 2 is 2.03 bits per heavy atom. The first kappa shape index (κ1) is 20.7. The number of benzene rings is 2. The number of imidazole rings is 1. The van der Waals surface area contributed by atoms with Gasteiger partial charge in [-0.1, -0.05) is 46.3 Å². The maximum Gasteiger partial charge on any atom is 0.174 e. The number of methoxy groups -OCH3 is 1. The summed E-state index contributed by atoms with van der Waals surface area (Å²) in [5.74, 6) is 2.81. The third kappa shape index (κ3) is 4.00. The fourth-order valence-electron chi connectivity index (χ4n) is 4.23. The number of nitrogens with zero attached hydrogens (tertiary/aromatic N) is 5. The molecule has 0 bridgehead atoms. The highest BCUT2D eigenvalue weighted by atomic mass is 79.9. The maximum atomic E-state index is 5.62. The lowest BCUT2D eigenvalue weighted by Crippen LogP contribution is -2.18. The molecule has 1 aliphatic rings. The molecule has 4 aromatic rings. The first-order valence-electron chi connectivity index (χ1n) is 10.7. The van der Waals surface area contributed by atoms with Crippen molar-refractivity contribution >= 4 is 28.1 Å². The summed E-state index contributed by atoms with van der Waals surface area (Å²) < 4.78 is 10.8. The van der Waals surface area contributed by atoms with Crippen LogP contribution in [0.4, 0.5) is 0 Å². The fraction of sp³-hybridized carbons (Fsp3) is 0.240. The zero-order chi connectivity index (χ0) is 22.1. The van der Waals surface area contributed by atoms with Crippen LogP contribution >= 0.6 is 15.9 Å². The lowest BCUT2D eigenvalue weighted by molar-refractivity contribution is 0.413. The van der Waals surface area contributed by atoms with Crippen LogP contribution in [0.1, 0.15) is 47.2 Å². The monoisotopic (exact) mass is 489 g/mol. The van der Waals surface area contributed by atoms with Gasteiger partial charge in [-0.15, -0.1) is 0 Å². The number of rotatable bonds is 5. The lowest BCUT2D eigenvalue weighted by Gasteiger charge is -2.23. The first-order chi connectivity index (χ1) is 15.6. The van der Waals surface area contributed by atoms with Crippen molar-refractivity contribution in [2.75, 3.05) is 7.11 Å². The normalized spacial score (nSPS) is 15.8. The van der Waals surface area contributed by atoms with Gasteiger partial charge < -0.3 is 9.30 Å². The molecule has 1 atom stereocenters. The Labute approximate surface area is 195 Å².